The van der Waals surface area contributed by atoms with Gasteiger partial charge in [0.15, 0.2) is 0 Å². The van der Waals surface area contributed by atoms with Crippen LogP contribution < -0.4 is 5.32 Å². The molecule has 4 nitrogen and oxygen atoms in total. The van der Waals surface area contributed by atoms with Crippen molar-refractivity contribution in [2.24, 2.45) is 0 Å². The lowest BCUT2D eigenvalue weighted by molar-refractivity contribution is 0.571. The summed E-state index contributed by atoms with van der Waals surface area (Å²) in [7, 11) is 1.87. The lowest BCUT2D eigenvalue weighted by Gasteiger charge is -1.92. The van der Waals surface area contributed by atoms with Crippen LogP contribution in [0.2, 0.25) is 0 Å². The van der Waals surface area contributed by atoms with E-state index in [0.717, 1.165) is 11.3 Å². The Morgan fingerprint density at radius 2 is 2.43 bits per heavy atom. The molecule has 0 unspecified atom stereocenters. The average Bonchev–Trinajstić information content (AvgIpc) is 2.68. The van der Waals surface area contributed by atoms with Crippen molar-refractivity contribution < 1.29 is 4.42 Å². The van der Waals surface area contributed by atoms with Crippen LogP contribution >= 0.6 is 0 Å². The SMILES string of the molecule is CNCc1coc(-c2cccnc2)n1. The summed E-state index contributed by atoms with van der Waals surface area (Å²) >= 11 is 0. The van der Waals surface area contributed by atoms with Crippen molar-refractivity contribution in [1.82, 2.24) is 15.3 Å². The van der Waals surface area contributed by atoms with Gasteiger partial charge >= 0.3 is 0 Å². The largest absolute Gasteiger partial charge is 0.444 e. The fraction of sp³-hybridized carbons (Fsp3) is 0.200. The van der Waals surface area contributed by atoms with Gasteiger partial charge in [-0.25, -0.2) is 4.98 Å². The molecule has 2 heterocycles. The molecular weight excluding hydrogens is 178 g/mol. The molecule has 72 valence electrons. The van der Waals surface area contributed by atoms with Gasteiger partial charge in [0.1, 0.15) is 6.26 Å². The van der Waals surface area contributed by atoms with Crippen molar-refractivity contribution in [3.8, 4) is 11.5 Å². The van der Waals surface area contributed by atoms with E-state index in [0.29, 0.717) is 12.4 Å². The molecule has 0 aromatic carbocycles. The van der Waals surface area contributed by atoms with Crippen molar-refractivity contribution in [2.45, 2.75) is 6.54 Å². The van der Waals surface area contributed by atoms with E-state index in [1.165, 1.54) is 0 Å². The highest BCUT2D eigenvalue weighted by Gasteiger charge is 2.04. The molecule has 0 spiro atoms. The standard InChI is InChI=1S/C10H11N3O/c1-11-6-9-7-14-10(13-9)8-3-2-4-12-5-8/h2-5,7,11H,6H2,1H3. The van der Waals surface area contributed by atoms with E-state index in [2.05, 4.69) is 15.3 Å². The second-order valence-corrected chi connectivity index (χ2v) is 2.92. The Balaban J connectivity index is 2.25. The summed E-state index contributed by atoms with van der Waals surface area (Å²) in [5.41, 5.74) is 1.79. The number of nitrogens with one attached hydrogen (secondary N) is 1. The molecule has 2 aromatic rings. The lowest BCUT2D eigenvalue weighted by Crippen LogP contribution is -2.04. The molecule has 4 heteroatoms. The van der Waals surface area contributed by atoms with Crippen molar-refractivity contribution in [3.63, 3.8) is 0 Å². The van der Waals surface area contributed by atoms with Gasteiger partial charge in [0.05, 0.1) is 11.3 Å². The van der Waals surface area contributed by atoms with Gasteiger partial charge in [-0.1, -0.05) is 0 Å². The molecule has 0 aliphatic heterocycles. The van der Waals surface area contributed by atoms with Gasteiger partial charge in [0.2, 0.25) is 5.89 Å². The van der Waals surface area contributed by atoms with E-state index >= 15 is 0 Å². The molecule has 0 saturated heterocycles. The minimum Gasteiger partial charge on any atom is -0.444 e. The molecule has 2 aromatic heterocycles. The second kappa shape index (κ2) is 4.02. The zero-order chi connectivity index (χ0) is 9.80. The molecule has 0 amide bonds. The monoisotopic (exact) mass is 189 g/mol. The first-order valence-electron chi connectivity index (χ1n) is 4.39. The van der Waals surface area contributed by atoms with Crippen molar-refractivity contribution >= 4 is 0 Å². The third-order valence-electron chi connectivity index (χ3n) is 1.82. The van der Waals surface area contributed by atoms with E-state index in [1.807, 2.05) is 19.2 Å². The van der Waals surface area contributed by atoms with Gasteiger partial charge in [-0.05, 0) is 19.2 Å². The zero-order valence-electron chi connectivity index (χ0n) is 7.90. The molecule has 0 atom stereocenters. The van der Waals surface area contributed by atoms with E-state index in [9.17, 15) is 0 Å². The van der Waals surface area contributed by atoms with Crippen LogP contribution in [0.25, 0.3) is 11.5 Å². The summed E-state index contributed by atoms with van der Waals surface area (Å²) in [6, 6.07) is 3.78. The molecule has 0 bridgehead atoms. The Morgan fingerprint density at radius 3 is 3.14 bits per heavy atom. The normalized spacial score (nSPS) is 10.4. The summed E-state index contributed by atoms with van der Waals surface area (Å²) in [5, 5.41) is 3.01. The summed E-state index contributed by atoms with van der Waals surface area (Å²) < 4.78 is 5.31. The second-order valence-electron chi connectivity index (χ2n) is 2.92. The molecule has 0 fully saturated rings. The average molecular weight is 189 g/mol. The van der Waals surface area contributed by atoms with Crippen LogP contribution in [0.5, 0.6) is 0 Å². The first-order valence-corrected chi connectivity index (χ1v) is 4.39. The predicted molar refractivity (Wildman–Crippen MR) is 52.5 cm³/mol. The molecule has 0 saturated carbocycles. The van der Waals surface area contributed by atoms with Crippen molar-refractivity contribution in [3.05, 3.63) is 36.5 Å². The van der Waals surface area contributed by atoms with Crippen LogP contribution in [0.1, 0.15) is 5.69 Å². The summed E-state index contributed by atoms with van der Waals surface area (Å²) in [4.78, 5) is 8.30. The number of pyridine rings is 1. The highest BCUT2D eigenvalue weighted by atomic mass is 16.3. The number of nitrogens with zero attached hydrogens (tertiary/aromatic N) is 2. The predicted octanol–water partition coefficient (Wildman–Crippen LogP) is 1.46. The molecule has 1 N–H and O–H groups in total. The molecule has 0 aliphatic carbocycles. The molecule has 0 radical (unpaired) electrons. The van der Waals surface area contributed by atoms with E-state index in [1.54, 1.807) is 18.7 Å². The maximum atomic E-state index is 5.31. The van der Waals surface area contributed by atoms with Gasteiger partial charge in [0.25, 0.3) is 0 Å². The van der Waals surface area contributed by atoms with Crippen LogP contribution in [0.15, 0.2) is 35.2 Å². The van der Waals surface area contributed by atoms with Gasteiger partial charge in [-0.15, -0.1) is 0 Å². The van der Waals surface area contributed by atoms with Gasteiger partial charge in [0, 0.05) is 18.9 Å². The molecule has 2 rings (SSSR count). The quantitative estimate of drug-likeness (QED) is 0.794. The third-order valence-corrected chi connectivity index (χ3v) is 1.82. The Kier molecular flexibility index (Phi) is 2.55. The Labute approximate surface area is 82.0 Å². The minimum absolute atomic E-state index is 0.614. The maximum Gasteiger partial charge on any atom is 0.227 e. The van der Waals surface area contributed by atoms with Crippen LogP contribution in [0.3, 0.4) is 0 Å². The fourth-order valence-corrected chi connectivity index (χ4v) is 1.19. The number of aromatic nitrogens is 2. The number of oxazole rings is 1. The third kappa shape index (κ3) is 1.80. The van der Waals surface area contributed by atoms with Crippen LogP contribution in [0, 0.1) is 0 Å². The van der Waals surface area contributed by atoms with Gasteiger partial charge in [-0.3, -0.25) is 4.98 Å². The highest BCUT2D eigenvalue weighted by molar-refractivity contribution is 5.50. The molecular formula is C10H11N3O. The Hall–Kier alpha value is -1.68. The Morgan fingerprint density at radius 1 is 1.50 bits per heavy atom. The van der Waals surface area contributed by atoms with Gasteiger partial charge < -0.3 is 9.73 Å². The van der Waals surface area contributed by atoms with E-state index in [-0.39, 0.29) is 0 Å². The van der Waals surface area contributed by atoms with Crippen molar-refractivity contribution in [2.75, 3.05) is 7.05 Å². The van der Waals surface area contributed by atoms with Crippen LogP contribution in [-0.2, 0) is 6.54 Å². The number of rotatable bonds is 3. The van der Waals surface area contributed by atoms with E-state index < -0.39 is 0 Å². The highest BCUT2D eigenvalue weighted by Crippen LogP contribution is 2.16. The fourth-order valence-electron chi connectivity index (χ4n) is 1.19. The Bertz CT molecular complexity index is 397. The van der Waals surface area contributed by atoms with Crippen LogP contribution in [-0.4, -0.2) is 17.0 Å². The first-order chi connectivity index (χ1) is 6.90. The smallest absolute Gasteiger partial charge is 0.227 e. The lowest BCUT2D eigenvalue weighted by atomic mass is 10.3. The number of hydrogen-bond donors (Lipinski definition) is 1. The van der Waals surface area contributed by atoms with Gasteiger partial charge in [-0.2, -0.15) is 0 Å². The number of hydrogen-bond acceptors (Lipinski definition) is 4. The maximum absolute atomic E-state index is 5.31. The van der Waals surface area contributed by atoms with Crippen molar-refractivity contribution in [1.29, 1.82) is 0 Å². The van der Waals surface area contributed by atoms with Crippen LogP contribution in [0.4, 0.5) is 0 Å². The molecule has 14 heavy (non-hydrogen) atoms. The van der Waals surface area contributed by atoms with E-state index in [4.69, 9.17) is 4.42 Å². The first kappa shape index (κ1) is 8.90. The topological polar surface area (TPSA) is 51.0 Å². The summed E-state index contributed by atoms with van der Waals surface area (Å²) in [5.74, 6) is 0.614. The zero-order valence-corrected chi connectivity index (χ0v) is 7.90. The molecule has 0 aliphatic rings. The summed E-state index contributed by atoms with van der Waals surface area (Å²) in [6.07, 6.45) is 5.11. The minimum atomic E-state index is 0.614. The summed E-state index contributed by atoms with van der Waals surface area (Å²) in [6.45, 7) is 0.712.